The molecule has 22 heavy (non-hydrogen) atoms. The Labute approximate surface area is 136 Å². The van der Waals surface area contributed by atoms with Crippen LogP contribution in [0.3, 0.4) is 0 Å². The van der Waals surface area contributed by atoms with Gasteiger partial charge in [0.15, 0.2) is 14.7 Å². The predicted octanol–water partition coefficient (Wildman–Crippen LogP) is 5.71. The Morgan fingerprint density at radius 2 is 1.05 bits per heavy atom. The van der Waals surface area contributed by atoms with Gasteiger partial charge in [0.1, 0.15) is 0 Å². The third-order valence-electron chi connectivity index (χ3n) is 3.74. The van der Waals surface area contributed by atoms with Gasteiger partial charge in [0.2, 0.25) is 0 Å². The molecular formula is C21H21S+. The van der Waals surface area contributed by atoms with Gasteiger partial charge in [-0.1, -0.05) is 68.4 Å². The summed E-state index contributed by atoms with van der Waals surface area (Å²) in [6, 6.07) is 28.6. The average Bonchev–Trinajstić information content (AvgIpc) is 2.62. The molecular weight excluding hydrogens is 284 g/mol. The molecule has 0 fully saturated rings. The lowest BCUT2D eigenvalue weighted by atomic mass is 10.0. The van der Waals surface area contributed by atoms with E-state index in [0.717, 1.165) is 6.42 Å². The fourth-order valence-corrected chi connectivity index (χ4v) is 5.24. The Bertz CT molecular complexity index is 701. The SMILES string of the molecule is CC.c1ccc([S+]2c3ccccc3Cc3ccccc32)cc1. The maximum absolute atomic E-state index is 2.29. The van der Waals surface area contributed by atoms with Crippen LogP contribution in [0.25, 0.3) is 0 Å². The minimum absolute atomic E-state index is 0.0421. The van der Waals surface area contributed by atoms with Crippen molar-refractivity contribution in [1.82, 2.24) is 0 Å². The summed E-state index contributed by atoms with van der Waals surface area (Å²) in [4.78, 5) is 4.38. The van der Waals surface area contributed by atoms with E-state index in [1.807, 2.05) is 13.8 Å². The van der Waals surface area contributed by atoms with Crippen molar-refractivity contribution in [1.29, 1.82) is 0 Å². The maximum Gasteiger partial charge on any atom is 0.170 e. The average molecular weight is 305 g/mol. The summed E-state index contributed by atoms with van der Waals surface area (Å²) in [6.07, 6.45) is 1.06. The maximum atomic E-state index is 2.29. The molecule has 0 atom stereocenters. The molecule has 0 N–H and O–H groups in total. The van der Waals surface area contributed by atoms with Gasteiger partial charge in [-0.2, -0.15) is 0 Å². The first-order valence-corrected chi connectivity index (χ1v) is 9.11. The number of hydrogen-bond acceptors (Lipinski definition) is 0. The second-order valence-corrected chi connectivity index (χ2v) is 6.97. The van der Waals surface area contributed by atoms with Crippen molar-refractivity contribution >= 4 is 10.9 Å². The van der Waals surface area contributed by atoms with Crippen LogP contribution < -0.4 is 0 Å². The predicted molar refractivity (Wildman–Crippen MR) is 95.6 cm³/mol. The first-order valence-electron chi connectivity index (χ1n) is 7.88. The van der Waals surface area contributed by atoms with Crippen molar-refractivity contribution in [3.05, 3.63) is 90.0 Å². The van der Waals surface area contributed by atoms with Crippen molar-refractivity contribution < 1.29 is 0 Å². The second-order valence-electron chi connectivity index (χ2n) is 5.01. The molecule has 0 nitrogen and oxygen atoms in total. The Balaban J connectivity index is 0.000000693. The molecule has 0 spiro atoms. The van der Waals surface area contributed by atoms with Crippen LogP contribution >= 0.6 is 0 Å². The van der Waals surface area contributed by atoms with Crippen LogP contribution in [0.1, 0.15) is 25.0 Å². The molecule has 1 aliphatic rings. The monoisotopic (exact) mass is 305 g/mol. The zero-order valence-electron chi connectivity index (χ0n) is 13.1. The summed E-state index contributed by atoms with van der Waals surface area (Å²) in [5.41, 5.74) is 2.94. The normalized spacial score (nSPS) is 12.6. The van der Waals surface area contributed by atoms with Gasteiger partial charge in [-0.05, 0) is 24.3 Å². The molecule has 0 bridgehead atoms. The molecule has 4 rings (SSSR count). The quantitative estimate of drug-likeness (QED) is 0.395. The van der Waals surface area contributed by atoms with Crippen LogP contribution in [0.15, 0.2) is 93.5 Å². The number of rotatable bonds is 1. The van der Waals surface area contributed by atoms with Crippen LogP contribution in [0, 0.1) is 0 Å². The van der Waals surface area contributed by atoms with Crippen LogP contribution in [0.5, 0.6) is 0 Å². The topological polar surface area (TPSA) is 0 Å². The van der Waals surface area contributed by atoms with E-state index in [4.69, 9.17) is 0 Å². The number of hydrogen-bond donors (Lipinski definition) is 0. The highest BCUT2D eigenvalue weighted by Gasteiger charge is 2.36. The Kier molecular flexibility index (Phi) is 4.65. The summed E-state index contributed by atoms with van der Waals surface area (Å²) >= 11 is 0. The van der Waals surface area contributed by atoms with Crippen LogP contribution in [-0.2, 0) is 17.3 Å². The van der Waals surface area contributed by atoms with Gasteiger partial charge >= 0.3 is 0 Å². The van der Waals surface area contributed by atoms with Gasteiger partial charge in [0.25, 0.3) is 0 Å². The molecule has 0 saturated carbocycles. The van der Waals surface area contributed by atoms with E-state index in [0.29, 0.717) is 0 Å². The fourth-order valence-electron chi connectivity index (χ4n) is 2.83. The Hall–Kier alpha value is -1.99. The van der Waals surface area contributed by atoms with E-state index in [1.54, 1.807) is 0 Å². The van der Waals surface area contributed by atoms with Gasteiger partial charge in [-0.3, -0.25) is 0 Å². The standard InChI is InChI=1S/C19H15S.C2H6/c1-2-10-17(11-3-1)20-18-12-6-4-8-15(18)14-16-9-5-7-13-19(16)20;1-2/h1-13H,14H2;1-2H3/q+1;. The largest absolute Gasteiger partial charge is 0.170 e. The number of fused-ring (bicyclic) bond motifs is 2. The van der Waals surface area contributed by atoms with Crippen LogP contribution in [0.4, 0.5) is 0 Å². The molecule has 0 unspecified atom stereocenters. The molecule has 3 aromatic rings. The van der Waals surface area contributed by atoms with Crippen molar-refractivity contribution in [2.45, 2.75) is 35.0 Å². The van der Waals surface area contributed by atoms with Crippen LogP contribution in [-0.4, -0.2) is 0 Å². The fraction of sp³-hybridized carbons (Fsp3) is 0.143. The summed E-state index contributed by atoms with van der Waals surface area (Å²) in [5.74, 6) is 0. The molecule has 1 heteroatoms. The highest BCUT2D eigenvalue weighted by atomic mass is 32.2. The van der Waals surface area contributed by atoms with Crippen molar-refractivity contribution in [3.8, 4) is 0 Å². The first kappa shape index (κ1) is 14.9. The van der Waals surface area contributed by atoms with Crippen LogP contribution in [0.2, 0.25) is 0 Å². The summed E-state index contributed by atoms with van der Waals surface area (Å²) < 4.78 is 0. The molecule has 3 aromatic carbocycles. The lowest BCUT2D eigenvalue weighted by Gasteiger charge is -2.19. The van der Waals surface area contributed by atoms with E-state index in [1.165, 1.54) is 25.8 Å². The third-order valence-corrected chi connectivity index (χ3v) is 6.16. The lowest BCUT2D eigenvalue weighted by Crippen LogP contribution is -2.15. The van der Waals surface area contributed by atoms with E-state index >= 15 is 0 Å². The first-order chi connectivity index (χ1) is 10.9. The lowest BCUT2D eigenvalue weighted by molar-refractivity contribution is 1.04. The molecule has 0 radical (unpaired) electrons. The second kappa shape index (κ2) is 6.85. The Morgan fingerprint density at radius 3 is 1.59 bits per heavy atom. The van der Waals surface area contributed by atoms with Gasteiger partial charge in [0, 0.05) is 17.5 Å². The molecule has 1 heterocycles. The molecule has 0 amide bonds. The van der Waals surface area contributed by atoms with Gasteiger partial charge in [-0.25, -0.2) is 0 Å². The summed E-state index contributed by atoms with van der Waals surface area (Å²) in [6.45, 7) is 4.00. The smallest absolute Gasteiger partial charge is 0.0683 e. The molecule has 1 aliphatic heterocycles. The van der Waals surface area contributed by atoms with Gasteiger partial charge in [-0.15, -0.1) is 0 Å². The van der Waals surface area contributed by atoms with E-state index in [2.05, 4.69) is 78.9 Å². The minimum Gasteiger partial charge on any atom is -0.0683 e. The molecule has 0 aromatic heterocycles. The zero-order valence-corrected chi connectivity index (χ0v) is 13.9. The highest BCUT2D eigenvalue weighted by molar-refractivity contribution is 7.97. The molecule has 0 aliphatic carbocycles. The van der Waals surface area contributed by atoms with Crippen molar-refractivity contribution in [3.63, 3.8) is 0 Å². The minimum atomic E-state index is 0.0421. The van der Waals surface area contributed by atoms with Crippen molar-refractivity contribution in [2.24, 2.45) is 0 Å². The Morgan fingerprint density at radius 1 is 0.591 bits per heavy atom. The molecule has 110 valence electrons. The van der Waals surface area contributed by atoms with Gasteiger partial charge < -0.3 is 0 Å². The highest BCUT2D eigenvalue weighted by Crippen LogP contribution is 2.39. The van der Waals surface area contributed by atoms with E-state index < -0.39 is 0 Å². The van der Waals surface area contributed by atoms with E-state index in [-0.39, 0.29) is 10.9 Å². The molecule has 0 saturated heterocycles. The van der Waals surface area contributed by atoms with Crippen molar-refractivity contribution in [2.75, 3.05) is 0 Å². The zero-order chi connectivity index (χ0) is 15.4. The van der Waals surface area contributed by atoms with Gasteiger partial charge in [0.05, 0.1) is 10.9 Å². The summed E-state index contributed by atoms with van der Waals surface area (Å²) in [7, 11) is 0.0421. The number of benzene rings is 3. The third kappa shape index (κ3) is 2.69. The van der Waals surface area contributed by atoms with E-state index in [9.17, 15) is 0 Å². The summed E-state index contributed by atoms with van der Waals surface area (Å²) in [5, 5.41) is 0.